The topological polar surface area (TPSA) is 61.6 Å². The van der Waals surface area contributed by atoms with Crippen LogP contribution in [0.1, 0.15) is 48.8 Å². The third kappa shape index (κ3) is 4.75. The van der Waals surface area contributed by atoms with Gasteiger partial charge in [-0.15, -0.1) is 0 Å². The Hall–Kier alpha value is -3.03. The average molecular weight is 477 g/mol. The van der Waals surface area contributed by atoms with E-state index in [1.165, 1.54) is 12.1 Å². The first-order chi connectivity index (χ1) is 16.9. The van der Waals surface area contributed by atoms with Crippen molar-refractivity contribution in [2.45, 2.75) is 44.9 Å². The number of amides is 1. The van der Waals surface area contributed by atoms with Crippen LogP contribution in [-0.4, -0.2) is 68.7 Å². The predicted octanol–water partition coefficient (Wildman–Crippen LogP) is 4.22. The second kappa shape index (κ2) is 9.91. The Morgan fingerprint density at radius 2 is 1.86 bits per heavy atom. The van der Waals surface area contributed by atoms with Crippen molar-refractivity contribution in [3.63, 3.8) is 0 Å². The van der Waals surface area contributed by atoms with Crippen molar-refractivity contribution in [1.82, 2.24) is 19.4 Å². The summed E-state index contributed by atoms with van der Waals surface area (Å²) >= 11 is 0. The number of rotatable bonds is 5. The molecule has 1 unspecified atom stereocenters. The number of benzene rings is 2. The minimum absolute atomic E-state index is 0.000343. The molecule has 2 aliphatic rings. The molecule has 0 radical (unpaired) electrons. The van der Waals surface area contributed by atoms with Gasteiger partial charge >= 0.3 is 0 Å². The van der Waals surface area contributed by atoms with Crippen molar-refractivity contribution in [2.24, 2.45) is 5.92 Å². The van der Waals surface area contributed by atoms with Gasteiger partial charge in [0.2, 0.25) is 0 Å². The Kier molecular flexibility index (Phi) is 6.71. The fraction of sp³-hybridized carbons (Fsp3) is 0.429. The molecule has 2 fully saturated rings. The Bertz CT molecular complexity index is 1180. The summed E-state index contributed by atoms with van der Waals surface area (Å²) in [5.74, 6) is 0.0760. The van der Waals surface area contributed by atoms with Crippen LogP contribution in [0.4, 0.5) is 4.39 Å². The molecule has 6 nitrogen and oxygen atoms in total. The standard InChI is InChI=1S/C28H33FN4O2/c1-19-16-32(14-12-26(19)31-13-11-23(34)17-31)28(35)27-15-30-18-33(27)20(2)24-5-3-4-6-25(24)21-7-9-22(29)10-8-21/h3-10,15,18-20,23,26,34H,11-14,16-17H2,1-2H3/t19-,20-,23+,26?/m0/s1. The first kappa shape index (κ1) is 23.7. The number of hydrogen-bond donors (Lipinski definition) is 1. The summed E-state index contributed by atoms with van der Waals surface area (Å²) in [6.07, 6.45) is 4.91. The number of nitrogens with zero attached hydrogens (tertiary/aromatic N) is 4. The van der Waals surface area contributed by atoms with Crippen LogP contribution in [0, 0.1) is 11.7 Å². The van der Waals surface area contributed by atoms with Crippen LogP contribution in [0.5, 0.6) is 0 Å². The van der Waals surface area contributed by atoms with Crippen molar-refractivity contribution in [3.8, 4) is 11.1 Å². The summed E-state index contributed by atoms with van der Waals surface area (Å²) in [4.78, 5) is 22.3. The van der Waals surface area contributed by atoms with Crippen molar-refractivity contribution in [2.75, 3.05) is 26.2 Å². The molecule has 184 valence electrons. The molecule has 5 rings (SSSR count). The summed E-state index contributed by atoms with van der Waals surface area (Å²) in [6.45, 7) is 7.33. The second-order valence-corrected chi connectivity index (χ2v) is 9.98. The summed E-state index contributed by atoms with van der Waals surface area (Å²) in [5.41, 5.74) is 3.57. The van der Waals surface area contributed by atoms with E-state index in [-0.39, 0.29) is 23.9 Å². The van der Waals surface area contributed by atoms with Crippen LogP contribution in [0.3, 0.4) is 0 Å². The Morgan fingerprint density at radius 1 is 1.09 bits per heavy atom. The zero-order valence-corrected chi connectivity index (χ0v) is 20.3. The third-order valence-electron chi connectivity index (χ3n) is 7.68. The fourth-order valence-electron chi connectivity index (χ4n) is 5.77. The molecule has 2 aromatic carbocycles. The molecule has 7 heteroatoms. The Balaban J connectivity index is 1.35. The molecule has 2 saturated heterocycles. The van der Waals surface area contributed by atoms with Crippen LogP contribution in [0.25, 0.3) is 11.1 Å². The highest BCUT2D eigenvalue weighted by Crippen LogP contribution is 2.32. The molecule has 2 aliphatic heterocycles. The molecule has 0 aliphatic carbocycles. The van der Waals surface area contributed by atoms with Gasteiger partial charge in [0.05, 0.1) is 24.7 Å². The molecule has 35 heavy (non-hydrogen) atoms. The van der Waals surface area contributed by atoms with Gasteiger partial charge in [0.15, 0.2) is 0 Å². The molecule has 1 N–H and O–H groups in total. The molecular formula is C28H33FN4O2. The highest BCUT2D eigenvalue weighted by molar-refractivity contribution is 5.92. The van der Waals surface area contributed by atoms with Gasteiger partial charge in [-0.3, -0.25) is 9.69 Å². The largest absolute Gasteiger partial charge is 0.392 e. The lowest BCUT2D eigenvalue weighted by atomic mass is 9.92. The van der Waals surface area contributed by atoms with Crippen LogP contribution >= 0.6 is 0 Å². The maximum atomic E-state index is 13.6. The quantitative estimate of drug-likeness (QED) is 0.599. The van der Waals surface area contributed by atoms with Gasteiger partial charge in [0.1, 0.15) is 11.5 Å². The lowest BCUT2D eigenvalue weighted by Gasteiger charge is -2.41. The summed E-state index contributed by atoms with van der Waals surface area (Å²) in [5, 5.41) is 9.93. The summed E-state index contributed by atoms with van der Waals surface area (Å²) < 4.78 is 15.4. The highest BCUT2D eigenvalue weighted by atomic mass is 19.1. The van der Waals surface area contributed by atoms with Gasteiger partial charge in [-0.25, -0.2) is 9.37 Å². The van der Waals surface area contributed by atoms with E-state index < -0.39 is 0 Å². The van der Waals surface area contributed by atoms with Crippen LogP contribution < -0.4 is 0 Å². The SMILES string of the molecule is C[C@H]1CN(C(=O)c2cncn2[C@@H](C)c2ccccc2-c2ccc(F)cc2)CCC1N1CC[C@@H](O)C1. The minimum Gasteiger partial charge on any atom is -0.392 e. The smallest absolute Gasteiger partial charge is 0.272 e. The second-order valence-electron chi connectivity index (χ2n) is 9.98. The van der Waals surface area contributed by atoms with E-state index in [9.17, 15) is 14.3 Å². The lowest BCUT2D eigenvalue weighted by molar-refractivity contribution is 0.0470. The molecule has 4 atom stereocenters. The molecule has 1 amide bonds. The molecule has 0 saturated carbocycles. The summed E-state index contributed by atoms with van der Waals surface area (Å²) in [7, 11) is 0. The Labute approximate surface area is 206 Å². The van der Waals surface area contributed by atoms with E-state index in [1.54, 1.807) is 24.7 Å². The average Bonchev–Trinajstić information content (AvgIpc) is 3.53. The molecule has 1 aromatic heterocycles. The monoisotopic (exact) mass is 476 g/mol. The number of imidazole rings is 1. The normalized spacial score (nSPS) is 24.0. The lowest BCUT2D eigenvalue weighted by Crippen LogP contribution is -2.51. The number of aliphatic hydroxyl groups excluding tert-OH is 1. The van der Waals surface area contributed by atoms with Gasteiger partial charge in [0, 0.05) is 32.2 Å². The van der Waals surface area contributed by atoms with Gasteiger partial charge < -0.3 is 14.6 Å². The molecule has 0 bridgehead atoms. The van der Waals surface area contributed by atoms with Gasteiger partial charge in [-0.1, -0.05) is 43.3 Å². The molecular weight excluding hydrogens is 443 g/mol. The number of carbonyl (C=O) groups excluding carboxylic acids is 1. The van der Waals surface area contributed by atoms with E-state index in [1.807, 2.05) is 27.7 Å². The molecule has 3 heterocycles. The fourth-order valence-corrected chi connectivity index (χ4v) is 5.77. The number of carbonyl (C=O) groups is 1. The van der Waals surface area contributed by atoms with Gasteiger partial charge in [-0.05, 0) is 54.5 Å². The maximum absolute atomic E-state index is 13.6. The molecule has 3 aromatic rings. The van der Waals surface area contributed by atoms with Crippen molar-refractivity contribution < 1.29 is 14.3 Å². The highest BCUT2D eigenvalue weighted by Gasteiger charge is 2.36. The number of β-amino-alcohol motifs (C(OH)–C–C–N with tert-alkyl or cyclic N) is 1. The van der Waals surface area contributed by atoms with E-state index in [2.05, 4.69) is 29.8 Å². The van der Waals surface area contributed by atoms with E-state index in [4.69, 9.17) is 0 Å². The summed E-state index contributed by atoms with van der Waals surface area (Å²) in [6, 6.07) is 14.8. The first-order valence-electron chi connectivity index (χ1n) is 12.5. The minimum atomic E-state index is -0.263. The van der Waals surface area contributed by atoms with Crippen molar-refractivity contribution in [3.05, 3.63) is 78.1 Å². The number of piperidine rings is 1. The van der Waals surface area contributed by atoms with E-state index in [0.717, 1.165) is 42.6 Å². The first-order valence-corrected chi connectivity index (χ1v) is 12.5. The van der Waals surface area contributed by atoms with E-state index in [0.29, 0.717) is 30.7 Å². The number of aromatic nitrogens is 2. The van der Waals surface area contributed by atoms with Crippen molar-refractivity contribution >= 4 is 5.91 Å². The number of halogens is 1. The maximum Gasteiger partial charge on any atom is 0.272 e. The van der Waals surface area contributed by atoms with Crippen molar-refractivity contribution in [1.29, 1.82) is 0 Å². The predicted molar refractivity (Wildman–Crippen MR) is 134 cm³/mol. The zero-order chi connectivity index (χ0) is 24.5. The van der Waals surface area contributed by atoms with Gasteiger partial charge in [-0.2, -0.15) is 0 Å². The molecule has 0 spiro atoms. The van der Waals surface area contributed by atoms with Crippen LogP contribution in [0.15, 0.2) is 61.1 Å². The number of aliphatic hydroxyl groups is 1. The van der Waals surface area contributed by atoms with Crippen LogP contribution in [0.2, 0.25) is 0 Å². The number of likely N-dealkylation sites (tertiary alicyclic amines) is 2. The van der Waals surface area contributed by atoms with Crippen LogP contribution in [-0.2, 0) is 0 Å². The van der Waals surface area contributed by atoms with E-state index >= 15 is 0 Å². The third-order valence-corrected chi connectivity index (χ3v) is 7.68. The number of hydrogen-bond acceptors (Lipinski definition) is 4. The Morgan fingerprint density at radius 3 is 2.57 bits per heavy atom. The zero-order valence-electron chi connectivity index (χ0n) is 20.3. The van der Waals surface area contributed by atoms with Gasteiger partial charge in [0.25, 0.3) is 5.91 Å².